The van der Waals surface area contributed by atoms with E-state index >= 15 is 0 Å². The molecule has 0 radical (unpaired) electrons. The fourth-order valence-corrected chi connectivity index (χ4v) is 4.38. The van der Waals surface area contributed by atoms with Crippen molar-refractivity contribution >= 4 is 16.7 Å². The van der Waals surface area contributed by atoms with Gasteiger partial charge in [-0.05, 0) is 49.2 Å². The molecule has 0 spiro atoms. The normalized spacial score (nSPS) is 14.9. The molecule has 3 heterocycles. The minimum atomic E-state index is -0.754. The number of aryl methyl sites for hydroxylation is 1. The van der Waals surface area contributed by atoms with Crippen molar-refractivity contribution in [2.45, 2.75) is 20.4 Å². The van der Waals surface area contributed by atoms with Gasteiger partial charge in [-0.3, -0.25) is 19.8 Å². The number of hydrogen-bond acceptors (Lipinski definition) is 6. The minimum Gasteiger partial charge on any atom is -0.409 e. The molecule has 8 nitrogen and oxygen atoms in total. The largest absolute Gasteiger partial charge is 0.419 e. The lowest BCUT2D eigenvalue weighted by Gasteiger charge is -2.37. The number of aromatic amines is 2. The van der Waals surface area contributed by atoms with Gasteiger partial charge in [0, 0.05) is 55.7 Å². The fourth-order valence-electron chi connectivity index (χ4n) is 4.38. The first-order chi connectivity index (χ1) is 15.5. The Kier molecular flexibility index (Phi) is 5.14. The number of nitrogens with one attached hydrogen (secondary N) is 2. The Bertz CT molecular complexity index is 1390. The van der Waals surface area contributed by atoms with Gasteiger partial charge in [0.2, 0.25) is 0 Å². The van der Waals surface area contributed by atoms with Crippen molar-refractivity contribution in [3.63, 3.8) is 0 Å². The van der Waals surface area contributed by atoms with E-state index in [1.54, 1.807) is 12.1 Å². The second-order valence-electron chi connectivity index (χ2n) is 8.30. The van der Waals surface area contributed by atoms with Gasteiger partial charge in [-0.1, -0.05) is 12.1 Å². The average molecular weight is 431 g/mol. The number of fused-ring (bicyclic) bond motifs is 1. The van der Waals surface area contributed by atoms with E-state index < -0.39 is 11.3 Å². The summed E-state index contributed by atoms with van der Waals surface area (Å²) in [6.45, 7) is 8.98. The van der Waals surface area contributed by atoms with Crippen molar-refractivity contribution in [2.75, 3.05) is 31.1 Å². The van der Waals surface area contributed by atoms with E-state index in [-0.39, 0.29) is 5.58 Å². The lowest BCUT2D eigenvalue weighted by atomic mass is 10.1. The number of benzene rings is 2. The second-order valence-corrected chi connectivity index (χ2v) is 8.30. The van der Waals surface area contributed by atoms with Gasteiger partial charge in [-0.25, -0.2) is 4.79 Å². The zero-order valence-electron chi connectivity index (χ0n) is 18.1. The third-order valence-electron chi connectivity index (χ3n) is 6.32. The Morgan fingerprint density at radius 3 is 2.69 bits per heavy atom. The molecule has 0 unspecified atom stereocenters. The highest BCUT2D eigenvalue weighted by molar-refractivity contribution is 5.82. The predicted molar refractivity (Wildman–Crippen MR) is 124 cm³/mol. The van der Waals surface area contributed by atoms with Crippen LogP contribution < -0.4 is 16.2 Å². The zero-order valence-corrected chi connectivity index (χ0v) is 18.1. The Hall–Kier alpha value is -3.65. The second kappa shape index (κ2) is 8.12. The monoisotopic (exact) mass is 431 g/mol. The van der Waals surface area contributed by atoms with E-state index in [1.165, 1.54) is 16.8 Å². The molecular weight excluding hydrogens is 406 g/mol. The molecule has 32 heavy (non-hydrogen) atoms. The van der Waals surface area contributed by atoms with Gasteiger partial charge >= 0.3 is 5.76 Å². The van der Waals surface area contributed by atoms with Crippen LogP contribution in [0.1, 0.15) is 16.7 Å². The van der Waals surface area contributed by atoms with Gasteiger partial charge < -0.3 is 9.32 Å². The van der Waals surface area contributed by atoms with Gasteiger partial charge in [-0.2, -0.15) is 5.10 Å². The standard InChI is InChI=1S/C24H25N5O3/c1-15-4-3-5-20(16(15)2)29-10-8-28(9-11-29)14-18-13-25-27-22(18)17-6-7-21-19(12-17)23(30)26-24(31)32-21/h3-7,12-13H,8-11,14H2,1-2H3,(H,25,27)(H,26,30,31). The molecule has 164 valence electrons. The maximum atomic E-state index is 12.2. The van der Waals surface area contributed by atoms with Crippen LogP contribution in [-0.2, 0) is 6.54 Å². The van der Waals surface area contributed by atoms with E-state index in [0.29, 0.717) is 5.39 Å². The van der Waals surface area contributed by atoms with Crippen molar-refractivity contribution in [2.24, 2.45) is 0 Å². The van der Waals surface area contributed by atoms with Gasteiger partial charge in [0.15, 0.2) is 0 Å². The first kappa shape index (κ1) is 20.3. The summed E-state index contributed by atoms with van der Waals surface area (Å²) < 4.78 is 5.08. The highest BCUT2D eigenvalue weighted by Gasteiger charge is 2.21. The summed E-state index contributed by atoms with van der Waals surface area (Å²) in [5.41, 5.74) is 6.47. The average Bonchev–Trinajstić information content (AvgIpc) is 3.24. The fraction of sp³-hybridized carbons (Fsp3) is 0.292. The molecule has 1 aliphatic heterocycles. The molecule has 2 aromatic carbocycles. The molecule has 0 aliphatic carbocycles. The summed E-state index contributed by atoms with van der Waals surface area (Å²) in [5.74, 6) is -0.754. The predicted octanol–water partition coefficient (Wildman–Crippen LogP) is 2.81. The third kappa shape index (κ3) is 3.73. The number of rotatable bonds is 4. The Morgan fingerprint density at radius 1 is 1.06 bits per heavy atom. The molecule has 2 N–H and O–H groups in total. The van der Waals surface area contributed by atoms with Crippen LogP contribution in [0.15, 0.2) is 56.6 Å². The molecule has 1 fully saturated rings. The Morgan fingerprint density at radius 2 is 1.88 bits per heavy atom. The van der Waals surface area contributed by atoms with Gasteiger partial charge in [0.05, 0.1) is 11.1 Å². The number of H-pyrrole nitrogens is 2. The van der Waals surface area contributed by atoms with Crippen LogP contribution in [0.5, 0.6) is 0 Å². The Balaban J connectivity index is 1.33. The summed E-state index contributed by atoms with van der Waals surface area (Å²) in [4.78, 5) is 30.6. The van der Waals surface area contributed by atoms with E-state index in [4.69, 9.17) is 4.42 Å². The Labute approximate surface area is 184 Å². The zero-order chi connectivity index (χ0) is 22.2. The molecule has 8 heteroatoms. The van der Waals surface area contributed by atoms with E-state index in [2.05, 4.69) is 57.0 Å². The number of piperazine rings is 1. The van der Waals surface area contributed by atoms with Crippen LogP contribution in [0, 0.1) is 13.8 Å². The van der Waals surface area contributed by atoms with Crippen molar-refractivity contribution < 1.29 is 4.42 Å². The van der Waals surface area contributed by atoms with Crippen molar-refractivity contribution in [1.82, 2.24) is 20.1 Å². The number of aromatic nitrogens is 3. The van der Waals surface area contributed by atoms with Gasteiger partial charge in [-0.15, -0.1) is 0 Å². The molecule has 5 rings (SSSR count). The van der Waals surface area contributed by atoms with Crippen molar-refractivity contribution in [3.05, 3.63) is 80.2 Å². The quantitative estimate of drug-likeness (QED) is 0.516. The van der Waals surface area contributed by atoms with Crippen LogP contribution in [-0.4, -0.2) is 46.3 Å². The summed E-state index contributed by atoms with van der Waals surface area (Å²) in [7, 11) is 0. The van der Waals surface area contributed by atoms with Gasteiger partial charge in [0.25, 0.3) is 5.56 Å². The summed E-state index contributed by atoms with van der Waals surface area (Å²) in [6, 6.07) is 11.7. The maximum absolute atomic E-state index is 12.2. The first-order valence-corrected chi connectivity index (χ1v) is 10.7. The van der Waals surface area contributed by atoms with Crippen LogP contribution in [0.3, 0.4) is 0 Å². The summed E-state index contributed by atoms with van der Waals surface area (Å²) in [6.07, 6.45) is 1.91. The lowest BCUT2D eigenvalue weighted by molar-refractivity contribution is 0.250. The van der Waals surface area contributed by atoms with Crippen molar-refractivity contribution in [1.29, 1.82) is 0 Å². The number of nitrogens with zero attached hydrogens (tertiary/aromatic N) is 3. The SMILES string of the molecule is Cc1cccc(N2CCN(Cc3c[nH]nc3-c3ccc4oc(=O)[nH]c(=O)c4c3)CC2)c1C. The molecule has 1 saturated heterocycles. The number of hydrogen-bond donors (Lipinski definition) is 2. The molecule has 0 saturated carbocycles. The third-order valence-corrected chi connectivity index (χ3v) is 6.32. The lowest BCUT2D eigenvalue weighted by Crippen LogP contribution is -2.46. The van der Waals surface area contributed by atoms with Crippen LogP contribution >= 0.6 is 0 Å². The van der Waals surface area contributed by atoms with Crippen molar-refractivity contribution in [3.8, 4) is 11.3 Å². The minimum absolute atomic E-state index is 0.266. The summed E-state index contributed by atoms with van der Waals surface area (Å²) >= 11 is 0. The van der Waals surface area contributed by atoms with Crippen LogP contribution in [0.2, 0.25) is 0 Å². The molecule has 2 aromatic heterocycles. The van der Waals surface area contributed by atoms with E-state index in [9.17, 15) is 9.59 Å². The molecule has 0 atom stereocenters. The first-order valence-electron chi connectivity index (χ1n) is 10.7. The highest BCUT2D eigenvalue weighted by Crippen LogP contribution is 2.27. The highest BCUT2D eigenvalue weighted by atomic mass is 16.4. The smallest absolute Gasteiger partial charge is 0.409 e. The summed E-state index contributed by atoms with van der Waals surface area (Å²) in [5, 5.41) is 7.71. The molecule has 4 aromatic rings. The van der Waals surface area contributed by atoms with E-state index in [1.807, 2.05) is 12.3 Å². The maximum Gasteiger partial charge on any atom is 0.419 e. The topological polar surface area (TPSA) is 98.2 Å². The van der Waals surface area contributed by atoms with Crippen LogP contribution in [0.25, 0.3) is 22.2 Å². The molecular formula is C24H25N5O3. The van der Waals surface area contributed by atoms with E-state index in [0.717, 1.165) is 49.5 Å². The van der Waals surface area contributed by atoms with Gasteiger partial charge in [0.1, 0.15) is 5.58 Å². The van der Waals surface area contributed by atoms with Crippen LogP contribution in [0.4, 0.5) is 5.69 Å². The number of anilines is 1. The molecule has 0 amide bonds. The molecule has 0 bridgehead atoms. The molecule has 1 aliphatic rings.